The van der Waals surface area contributed by atoms with E-state index in [1.165, 1.54) is 12.1 Å². The van der Waals surface area contributed by atoms with Gasteiger partial charge in [0.15, 0.2) is 0 Å². The fraction of sp³-hybridized carbons (Fsp3) is 0.333. The molecule has 0 fully saturated rings. The van der Waals surface area contributed by atoms with Crippen molar-refractivity contribution in [3.8, 4) is 0 Å². The number of non-ortho nitro benzene ring substituents is 1. The van der Waals surface area contributed by atoms with Crippen molar-refractivity contribution in [3.05, 3.63) is 45.5 Å². The average Bonchev–Trinajstić information content (AvgIpc) is 2.32. The van der Waals surface area contributed by atoms with E-state index in [4.69, 9.17) is 16.7 Å². The maximum absolute atomic E-state index is 10.6. The molecule has 0 radical (unpaired) electrons. The third-order valence-corrected chi connectivity index (χ3v) is 3.82. The maximum atomic E-state index is 10.6. The lowest BCUT2D eigenvalue weighted by Gasteiger charge is -2.09. The van der Waals surface area contributed by atoms with E-state index in [1.54, 1.807) is 23.9 Å². The molecule has 1 aromatic carbocycles. The second kappa shape index (κ2) is 7.41. The van der Waals surface area contributed by atoms with Crippen LogP contribution in [0.1, 0.15) is 13.3 Å². The molecule has 6 heteroatoms. The Morgan fingerprint density at radius 3 is 2.83 bits per heavy atom. The number of hydrogen-bond donors (Lipinski definition) is 1. The molecule has 0 aliphatic heterocycles. The zero-order valence-corrected chi connectivity index (χ0v) is 11.4. The molecule has 0 spiro atoms. The van der Waals surface area contributed by atoms with Gasteiger partial charge >= 0.3 is 0 Å². The zero-order chi connectivity index (χ0) is 13.5. The van der Waals surface area contributed by atoms with E-state index < -0.39 is 4.92 Å². The van der Waals surface area contributed by atoms with Crippen LogP contribution in [0.2, 0.25) is 5.02 Å². The minimum absolute atomic E-state index is 0.00261. The highest BCUT2D eigenvalue weighted by Gasteiger charge is 2.11. The van der Waals surface area contributed by atoms with Gasteiger partial charge in [0.1, 0.15) is 0 Å². The van der Waals surface area contributed by atoms with Crippen LogP contribution in [0.3, 0.4) is 0 Å². The Kier molecular flexibility index (Phi) is 6.18. The van der Waals surface area contributed by atoms with Gasteiger partial charge < -0.3 is 5.11 Å². The van der Waals surface area contributed by atoms with E-state index in [-0.39, 0.29) is 17.5 Å². The number of allylic oxidation sites excluding steroid dienone is 1. The highest BCUT2D eigenvalue weighted by atomic mass is 35.5. The van der Waals surface area contributed by atoms with Gasteiger partial charge in [-0.15, -0.1) is 11.8 Å². The number of hydrogen-bond acceptors (Lipinski definition) is 4. The first-order chi connectivity index (χ1) is 8.54. The highest BCUT2D eigenvalue weighted by molar-refractivity contribution is 8.00. The quantitative estimate of drug-likeness (QED) is 0.375. The Hall–Kier alpha value is -1.04. The topological polar surface area (TPSA) is 63.4 Å². The smallest absolute Gasteiger partial charge is 0.270 e. The van der Waals surface area contributed by atoms with Gasteiger partial charge in [-0.3, -0.25) is 10.1 Å². The van der Waals surface area contributed by atoms with Crippen molar-refractivity contribution in [1.29, 1.82) is 0 Å². The number of nitrogens with zero attached hydrogens (tertiary/aromatic N) is 1. The molecule has 0 amide bonds. The summed E-state index contributed by atoms with van der Waals surface area (Å²) in [7, 11) is 0. The second-order valence-corrected chi connectivity index (χ2v) is 5.58. The maximum Gasteiger partial charge on any atom is 0.270 e. The number of aliphatic hydroxyl groups is 1. The van der Waals surface area contributed by atoms with Crippen LogP contribution in [-0.2, 0) is 0 Å². The molecule has 18 heavy (non-hydrogen) atoms. The first-order valence-electron chi connectivity index (χ1n) is 5.41. The number of benzene rings is 1. The Morgan fingerprint density at radius 2 is 2.28 bits per heavy atom. The van der Waals surface area contributed by atoms with E-state index in [1.807, 2.05) is 13.0 Å². The number of thioether (sulfide) groups is 1. The van der Waals surface area contributed by atoms with Crippen LogP contribution in [0.4, 0.5) is 5.69 Å². The predicted molar refractivity (Wildman–Crippen MR) is 74.3 cm³/mol. The lowest BCUT2D eigenvalue weighted by atomic mass is 10.3. The first-order valence-corrected chi connectivity index (χ1v) is 6.66. The molecule has 1 N–H and O–H groups in total. The fourth-order valence-electron chi connectivity index (χ4n) is 1.33. The summed E-state index contributed by atoms with van der Waals surface area (Å²) in [5.74, 6) is 0. The van der Waals surface area contributed by atoms with Gasteiger partial charge in [-0.1, -0.05) is 30.7 Å². The number of rotatable bonds is 6. The standard InChI is InChI=1S/C12H14ClNO3S/c1-9(4-2-3-7-15)18-12-6-5-10(14(16)17)8-11(12)13/h2-3,5-6,8-9,15H,4,7H2,1H3. The molecule has 0 aromatic heterocycles. The van der Waals surface area contributed by atoms with Gasteiger partial charge in [0.25, 0.3) is 5.69 Å². The molecule has 4 nitrogen and oxygen atoms in total. The van der Waals surface area contributed by atoms with Crippen molar-refractivity contribution < 1.29 is 10.0 Å². The molecular weight excluding hydrogens is 274 g/mol. The molecule has 1 atom stereocenters. The number of nitro groups is 1. The molecule has 0 saturated carbocycles. The zero-order valence-electron chi connectivity index (χ0n) is 9.88. The highest BCUT2D eigenvalue weighted by Crippen LogP contribution is 2.33. The van der Waals surface area contributed by atoms with E-state index in [0.29, 0.717) is 5.02 Å². The van der Waals surface area contributed by atoms with Crippen molar-refractivity contribution >= 4 is 29.1 Å². The van der Waals surface area contributed by atoms with Crippen LogP contribution in [0.5, 0.6) is 0 Å². The van der Waals surface area contributed by atoms with Crippen molar-refractivity contribution in [3.63, 3.8) is 0 Å². The molecular formula is C12H14ClNO3S. The Morgan fingerprint density at radius 1 is 1.56 bits per heavy atom. The minimum Gasteiger partial charge on any atom is -0.392 e. The van der Waals surface area contributed by atoms with Crippen molar-refractivity contribution in [2.24, 2.45) is 0 Å². The molecule has 1 rings (SSSR count). The molecule has 98 valence electrons. The summed E-state index contributed by atoms with van der Waals surface area (Å²) in [6.07, 6.45) is 4.39. The SMILES string of the molecule is CC(CC=CCO)Sc1ccc([N+](=O)[O-])cc1Cl. The average molecular weight is 288 g/mol. The predicted octanol–water partition coefficient (Wildman–Crippen LogP) is 3.67. The van der Waals surface area contributed by atoms with Crippen LogP contribution in [-0.4, -0.2) is 21.9 Å². The summed E-state index contributed by atoms with van der Waals surface area (Å²) in [5.41, 5.74) is -0.00261. The third kappa shape index (κ3) is 4.68. The monoisotopic (exact) mass is 287 g/mol. The lowest BCUT2D eigenvalue weighted by Crippen LogP contribution is -1.94. The normalized spacial score (nSPS) is 12.8. The summed E-state index contributed by atoms with van der Waals surface area (Å²) >= 11 is 7.55. The van der Waals surface area contributed by atoms with Gasteiger partial charge in [0, 0.05) is 22.3 Å². The summed E-state index contributed by atoms with van der Waals surface area (Å²) < 4.78 is 0. The van der Waals surface area contributed by atoms with Crippen LogP contribution in [0.25, 0.3) is 0 Å². The van der Waals surface area contributed by atoms with E-state index >= 15 is 0 Å². The summed E-state index contributed by atoms with van der Waals surface area (Å²) in [6, 6.07) is 4.47. The number of nitro benzene ring substituents is 1. The Labute approximate surface area is 115 Å². The third-order valence-electron chi connectivity index (χ3n) is 2.19. The molecule has 1 unspecified atom stereocenters. The van der Waals surface area contributed by atoms with Gasteiger partial charge in [-0.2, -0.15) is 0 Å². The number of aliphatic hydroxyl groups excluding tert-OH is 1. The van der Waals surface area contributed by atoms with Crippen LogP contribution >= 0.6 is 23.4 Å². The second-order valence-electron chi connectivity index (χ2n) is 3.69. The van der Waals surface area contributed by atoms with Crippen molar-refractivity contribution in [2.75, 3.05) is 6.61 Å². The Bertz CT molecular complexity index is 451. The molecule has 1 aromatic rings. The summed E-state index contributed by atoms with van der Waals surface area (Å²) in [6.45, 7) is 2.07. The van der Waals surface area contributed by atoms with Gasteiger partial charge in [0.05, 0.1) is 16.6 Å². The number of halogens is 1. The molecule has 0 heterocycles. The molecule has 0 bridgehead atoms. The van der Waals surface area contributed by atoms with Gasteiger partial charge in [-0.25, -0.2) is 0 Å². The summed E-state index contributed by atoms with van der Waals surface area (Å²) in [4.78, 5) is 10.9. The first kappa shape index (κ1) is 15.0. The lowest BCUT2D eigenvalue weighted by molar-refractivity contribution is -0.384. The molecule has 0 saturated heterocycles. The minimum atomic E-state index is -0.465. The van der Waals surface area contributed by atoms with Gasteiger partial charge in [0.2, 0.25) is 0 Å². The molecule has 0 aliphatic rings. The van der Waals surface area contributed by atoms with Crippen molar-refractivity contribution in [2.45, 2.75) is 23.5 Å². The van der Waals surface area contributed by atoms with E-state index in [2.05, 4.69) is 0 Å². The van der Waals surface area contributed by atoms with Gasteiger partial charge in [-0.05, 0) is 12.5 Å². The fourth-order valence-corrected chi connectivity index (χ4v) is 2.59. The van der Waals surface area contributed by atoms with E-state index in [0.717, 1.165) is 11.3 Å². The van der Waals surface area contributed by atoms with Crippen LogP contribution in [0, 0.1) is 10.1 Å². The Balaban J connectivity index is 2.67. The van der Waals surface area contributed by atoms with E-state index in [9.17, 15) is 10.1 Å². The van der Waals surface area contributed by atoms with Crippen LogP contribution < -0.4 is 0 Å². The summed E-state index contributed by atoms with van der Waals surface area (Å²) in [5, 5.41) is 19.9. The largest absolute Gasteiger partial charge is 0.392 e. The van der Waals surface area contributed by atoms with Crippen LogP contribution in [0.15, 0.2) is 35.2 Å². The molecule has 0 aliphatic carbocycles. The van der Waals surface area contributed by atoms with Crippen molar-refractivity contribution in [1.82, 2.24) is 0 Å².